The van der Waals surface area contributed by atoms with Crippen LogP contribution in [-0.4, -0.2) is 25.2 Å². The number of hydrogen-bond acceptors (Lipinski definition) is 5. The Morgan fingerprint density at radius 1 is 1.05 bits per heavy atom. The predicted molar refractivity (Wildman–Crippen MR) is 70.3 cm³/mol. The molecule has 0 aliphatic carbocycles. The fourth-order valence-corrected chi connectivity index (χ4v) is 1.63. The Morgan fingerprint density at radius 2 is 1.47 bits per heavy atom. The number of carbonyl (C=O) groups is 2. The average Bonchev–Trinajstić information content (AvgIpc) is 2.39. The van der Waals surface area contributed by atoms with Crippen LogP contribution in [0.25, 0.3) is 0 Å². The van der Waals surface area contributed by atoms with Crippen LogP contribution >= 0.6 is 0 Å². The van der Waals surface area contributed by atoms with Crippen molar-refractivity contribution in [2.24, 2.45) is 5.73 Å². The molecule has 0 unspecified atom stereocenters. The van der Waals surface area contributed by atoms with E-state index in [2.05, 4.69) is 0 Å². The minimum absolute atomic E-state index is 0.142. The first-order valence-corrected chi connectivity index (χ1v) is 6.17. The van der Waals surface area contributed by atoms with Gasteiger partial charge in [-0.1, -0.05) is 29.8 Å². The Hall–Kier alpha value is -1.88. The van der Waals surface area contributed by atoms with Gasteiger partial charge in [-0.3, -0.25) is 0 Å². The molecule has 0 aromatic heterocycles. The molecule has 5 heteroatoms. The van der Waals surface area contributed by atoms with Crippen molar-refractivity contribution in [1.29, 1.82) is 0 Å². The highest BCUT2D eigenvalue weighted by Gasteiger charge is 2.47. The predicted octanol–water partition coefficient (Wildman–Crippen LogP) is 1.28. The van der Waals surface area contributed by atoms with Crippen LogP contribution in [0.1, 0.15) is 25.0 Å². The SMILES string of the molecule is CCOC(=O)C(N)(C(=O)OCC)c1ccc(C)cc1. The van der Waals surface area contributed by atoms with Gasteiger partial charge in [-0.15, -0.1) is 0 Å². The van der Waals surface area contributed by atoms with Gasteiger partial charge in [0.1, 0.15) is 0 Å². The third-order valence-electron chi connectivity index (χ3n) is 2.70. The summed E-state index contributed by atoms with van der Waals surface area (Å²) in [6, 6.07) is 6.80. The van der Waals surface area contributed by atoms with E-state index in [-0.39, 0.29) is 13.2 Å². The molecule has 5 nitrogen and oxygen atoms in total. The molecule has 2 N–H and O–H groups in total. The summed E-state index contributed by atoms with van der Waals surface area (Å²) in [5.41, 5.74) is 5.42. The molecule has 1 aromatic carbocycles. The van der Waals surface area contributed by atoms with Crippen LogP contribution in [0.3, 0.4) is 0 Å². The first kappa shape index (κ1) is 15.2. The largest absolute Gasteiger partial charge is 0.464 e. The Bertz CT molecular complexity index is 435. The van der Waals surface area contributed by atoms with Crippen molar-refractivity contribution in [3.05, 3.63) is 35.4 Å². The Kier molecular flexibility index (Phi) is 5.06. The molecule has 0 bridgehead atoms. The molecular weight excluding hydrogens is 246 g/mol. The van der Waals surface area contributed by atoms with E-state index < -0.39 is 17.5 Å². The Balaban J connectivity index is 3.21. The number of ether oxygens (including phenoxy) is 2. The van der Waals surface area contributed by atoms with Crippen LogP contribution in [0.5, 0.6) is 0 Å². The van der Waals surface area contributed by atoms with E-state index in [0.29, 0.717) is 5.56 Å². The lowest BCUT2D eigenvalue weighted by atomic mass is 9.90. The zero-order valence-electron chi connectivity index (χ0n) is 11.4. The van der Waals surface area contributed by atoms with Gasteiger partial charge in [-0.2, -0.15) is 0 Å². The fourth-order valence-electron chi connectivity index (χ4n) is 1.63. The average molecular weight is 265 g/mol. The quantitative estimate of drug-likeness (QED) is 0.641. The molecule has 1 rings (SSSR count). The summed E-state index contributed by atoms with van der Waals surface area (Å²) in [7, 11) is 0. The van der Waals surface area contributed by atoms with E-state index in [1.54, 1.807) is 38.1 Å². The highest BCUT2D eigenvalue weighted by molar-refractivity contribution is 6.05. The van der Waals surface area contributed by atoms with Gasteiger partial charge in [0.15, 0.2) is 0 Å². The standard InChI is InChI=1S/C14H19NO4/c1-4-18-12(16)14(15,13(17)19-5-2)11-8-6-10(3)7-9-11/h6-9H,4-5,15H2,1-3H3. The van der Waals surface area contributed by atoms with Gasteiger partial charge in [0, 0.05) is 0 Å². The van der Waals surface area contributed by atoms with Gasteiger partial charge in [0.2, 0.25) is 5.54 Å². The zero-order valence-corrected chi connectivity index (χ0v) is 11.4. The first-order valence-electron chi connectivity index (χ1n) is 6.17. The van der Waals surface area contributed by atoms with Crippen LogP contribution in [0.15, 0.2) is 24.3 Å². The maximum absolute atomic E-state index is 12.0. The minimum Gasteiger partial charge on any atom is -0.464 e. The highest BCUT2D eigenvalue weighted by atomic mass is 16.6. The Labute approximate surface area is 112 Å². The summed E-state index contributed by atoms with van der Waals surface area (Å²) in [5, 5.41) is 0. The van der Waals surface area contributed by atoms with Gasteiger partial charge in [-0.25, -0.2) is 9.59 Å². The van der Waals surface area contributed by atoms with Crippen molar-refractivity contribution in [3.63, 3.8) is 0 Å². The molecule has 19 heavy (non-hydrogen) atoms. The normalized spacial score (nSPS) is 10.9. The molecule has 0 saturated heterocycles. The number of carbonyl (C=O) groups excluding carboxylic acids is 2. The third kappa shape index (κ3) is 3.12. The van der Waals surface area contributed by atoms with Gasteiger partial charge in [0.05, 0.1) is 13.2 Å². The van der Waals surface area contributed by atoms with Gasteiger partial charge in [-0.05, 0) is 26.3 Å². The van der Waals surface area contributed by atoms with E-state index in [4.69, 9.17) is 15.2 Å². The van der Waals surface area contributed by atoms with Crippen LogP contribution in [0.4, 0.5) is 0 Å². The topological polar surface area (TPSA) is 78.6 Å². The van der Waals surface area contributed by atoms with E-state index in [0.717, 1.165) is 5.56 Å². The summed E-state index contributed by atoms with van der Waals surface area (Å²) in [4.78, 5) is 24.0. The minimum atomic E-state index is -1.92. The van der Waals surface area contributed by atoms with Crippen LogP contribution in [-0.2, 0) is 24.6 Å². The van der Waals surface area contributed by atoms with Crippen LogP contribution in [0.2, 0.25) is 0 Å². The van der Waals surface area contributed by atoms with E-state index >= 15 is 0 Å². The number of rotatable bonds is 5. The number of aryl methyl sites for hydroxylation is 1. The van der Waals surface area contributed by atoms with Gasteiger partial charge >= 0.3 is 11.9 Å². The van der Waals surface area contributed by atoms with Crippen molar-refractivity contribution < 1.29 is 19.1 Å². The van der Waals surface area contributed by atoms with Crippen molar-refractivity contribution in [2.75, 3.05) is 13.2 Å². The Morgan fingerprint density at radius 3 is 1.84 bits per heavy atom. The number of nitrogens with two attached hydrogens (primary N) is 1. The molecule has 1 aromatic rings. The second kappa shape index (κ2) is 6.33. The second-order valence-corrected chi connectivity index (χ2v) is 4.11. The monoisotopic (exact) mass is 265 g/mol. The van der Waals surface area contributed by atoms with Crippen LogP contribution < -0.4 is 5.73 Å². The van der Waals surface area contributed by atoms with E-state index in [9.17, 15) is 9.59 Å². The first-order chi connectivity index (χ1) is 8.96. The van der Waals surface area contributed by atoms with Crippen molar-refractivity contribution in [1.82, 2.24) is 0 Å². The second-order valence-electron chi connectivity index (χ2n) is 4.11. The summed E-state index contributed by atoms with van der Waals surface area (Å²) in [6.45, 7) is 5.49. The van der Waals surface area contributed by atoms with E-state index in [1.807, 2.05) is 6.92 Å². The molecule has 0 aliphatic rings. The summed E-state index contributed by atoms with van der Waals surface area (Å²) in [6.07, 6.45) is 0. The van der Waals surface area contributed by atoms with E-state index in [1.165, 1.54) is 0 Å². The van der Waals surface area contributed by atoms with Crippen molar-refractivity contribution in [3.8, 4) is 0 Å². The summed E-state index contributed by atoms with van der Waals surface area (Å²) in [5.74, 6) is -1.62. The number of hydrogen-bond donors (Lipinski definition) is 1. The molecule has 0 aliphatic heterocycles. The fraction of sp³-hybridized carbons (Fsp3) is 0.429. The smallest absolute Gasteiger partial charge is 0.342 e. The maximum Gasteiger partial charge on any atom is 0.342 e. The highest BCUT2D eigenvalue weighted by Crippen LogP contribution is 2.22. The molecular formula is C14H19NO4. The molecule has 0 atom stereocenters. The summed E-state index contributed by atoms with van der Waals surface area (Å²) >= 11 is 0. The van der Waals surface area contributed by atoms with Crippen LogP contribution in [0, 0.1) is 6.92 Å². The van der Waals surface area contributed by atoms with Gasteiger partial charge < -0.3 is 15.2 Å². The lowest BCUT2D eigenvalue weighted by molar-refractivity contribution is -0.164. The van der Waals surface area contributed by atoms with Gasteiger partial charge in [0.25, 0.3) is 0 Å². The molecule has 0 radical (unpaired) electrons. The molecule has 0 saturated carbocycles. The number of esters is 2. The third-order valence-corrected chi connectivity index (χ3v) is 2.70. The molecule has 0 spiro atoms. The molecule has 0 amide bonds. The van der Waals surface area contributed by atoms with Crippen molar-refractivity contribution >= 4 is 11.9 Å². The molecule has 0 fully saturated rings. The zero-order chi connectivity index (χ0) is 14.5. The lowest BCUT2D eigenvalue weighted by Crippen LogP contribution is -2.53. The van der Waals surface area contributed by atoms with Crippen molar-refractivity contribution in [2.45, 2.75) is 26.3 Å². The lowest BCUT2D eigenvalue weighted by Gasteiger charge is -2.25. The molecule has 0 heterocycles. The molecule has 104 valence electrons. The maximum atomic E-state index is 12.0. The number of benzene rings is 1. The summed E-state index contributed by atoms with van der Waals surface area (Å²) < 4.78 is 9.79.